The minimum atomic E-state index is -0.252. The van der Waals surface area contributed by atoms with Crippen molar-refractivity contribution in [2.75, 3.05) is 33.4 Å². The Morgan fingerprint density at radius 1 is 1.19 bits per heavy atom. The van der Waals surface area contributed by atoms with E-state index in [9.17, 15) is 9.59 Å². The maximum Gasteiger partial charge on any atom is 0.309 e. The molecular weight excluding hydrogens is 210 g/mol. The number of carbonyl (C=O) groups is 2. The van der Waals surface area contributed by atoms with Crippen LogP contribution in [0.4, 0.5) is 0 Å². The molecule has 0 radical (unpaired) electrons. The van der Waals surface area contributed by atoms with Gasteiger partial charge < -0.3 is 14.4 Å². The number of ether oxygens (including phenoxy) is 2. The molecule has 90 valence electrons. The van der Waals surface area contributed by atoms with Gasteiger partial charge in [-0.05, 0) is 12.8 Å². The van der Waals surface area contributed by atoms with Crippen molar-refractivity contribution in [1.29, 1.82) is 0 Å². The number of hydrogen-bond donors (Lipinski definition) is 0. The summed E-state index contributed by atoms with van der Waals surface area (Å²) in [5.74, 6) is -0.547. The molecule has 1 aliphatic carbocycles. The Hall–Kier alpha value is -1.10. The number of morpholine rings is 1. The van der Waals surface area contributed by atoms with Gasteiger partial charge in [0.1, 0.15) is 0 Å². The number of rotatable bonds is 2. The summed E-state index contributed by atoms with van der Waals surface area (Å²) in [4.78, 5) is 25.2. The molecule has 16 heavy (non-hydrogen) atoms. The van der Waals surface area contributed by atoms with Crippen LogP contribution in [0.2, 0.25) is 0 Å². The highest BCUT2D eigenvalue weighted by atomic mass is 16.5. The number of carbonyl (C=O) groups excluding carboxylic acids is 2. The van der Waals surface area contributed by atoms with E-state index in [2.05, 4.69) is 4.74 Å². The summed E-state index contributed by atoms with van der Waals surface area (Å²) in [5, 5.41) is 0. The van der Waals surface area contributed by atoms with E-state index in [1.54, 1.807) is 4.90 Å². The first-order valence-electron chi connectivity index (χ1n) is 5.68. The molecule has 1 aliphatic heterocycles. The van der Waals surface area contributed by atoms with Gasteiger partial charge in [0.15, 0.2) is 0 Å². The molecule has 1 saturated heterocycles. The smallest absolute Gasteiger partial charge is 0.309 e. The van der Waals surface area contributed by atoms with Crippen LogP contribution < -0.4 is 0 Å². The van der Waals surface area contributed by atoms with Gasteiger partial charge in [0.25, 0.3) is 0 Å². The Labute approximate surface area is 94.7 Å². The second kappa shape index (κ2) is 4.82. The van der Waals surface area contributed by atoms with E-state index in [0.29, 0.717) is 26.3 Å². The molecule has 5 nitrogen and oxygen atoms in total. The van der Waals surface area contributed by atoms with Crippen molar-refractivity contribution < 1.29 is 19.1 Å². The fourth-order valence-electron chi connectivity index (χ4n) is 2.25. The molecule has 0 aromatic heterocycles. The number of amides is 1. The van der Waals surface area contributed by atoms with E-state index < -0.39 is 0 Å². The summed E-state index contributed by atoms with van der Waals surface area (Å²) in [6.07, 6.45) is 1.57. The van der Waals surface area contributed by atoms with Crippen LogP contribution in [0.25, 0.3) is 0 Å². The molecule has 1 heterocycles. The normalized spacial score (nSPS) is 29.4. The predicted molar refractivity (Wildman–Crippen MR) is 55.6 cm³/mol. The van der Waals surface area contributed by atoms with Gasteiger partial charge in [-0.25, -0.2) is 0 Å². The second-order valence-electron chi connectivity index (χ2n) is 4.25. The van der Waals surface area contributed by atoms with E-state index in [1.807, 2.05) is 0 Å². The molecule has 2 atom stereocenters. The van der Waals surface area contributed by atoms with Crippen molar-refractivity contribution in [3.63, 3.8) is 0 Å². The average Bonchev–Trinajstić information content (AvgIpc) is 2.28. The number of methoxy groups -OCH3 is 1. The number of nitrogens with zero attached hydrogens (tertiary/aromatic N) is 1. The minimum Gasteiger partial charge on any atom is -0.469 e. The Morgan fingerprint density at radius 2 is 1.81 bits per heavy atom. The predicted octanol–water partition coefficient (Wildman–Crippen LogP) is 0.0444. The molecular formula is C11H17NO4. The minimum absolute atomic E-state index is 0.0879. The molecule has 0 aromatic rings. The third-order valence-electron chi connectivity index (χ3n) is 3.42. The van der Waals surface area contributed by atoms with E-state index >= 15 is 0 Å². The molecule has 2 aliphatic rings. The van der Waals surface area contributed by atoms with Gasteiger partial charge in [0, 0.05) is 13.1 Å². The lowest BCUT2D eigenvalue weighted by Crippen LogP contribution is -2.49. The van der Waals surface area contributed by atoms with Gasteiger partial charge in [0.2, 0.25) is 5.91 Å². The molecule has 2 fully saturated rings. The van der Waals surface area contributed by atoms with Gasteiger partial charge in [0.05, 0.1) is 32.2 Å². The van der Waals surface area contributed by atoms with Crippen molar-refractivity contribution in [2.45, 2.75) is 12.8 Å². The van der Waals surface area contributed by atoms with E-state index in [1.165, 1.54) is 7.11 Å². The molecule has 1 saturated carbocycles. The van der Waals surface area contributed by atoms with Crippen LogP contribution in [-0.4, -0.2) is 50.2 Å². The fraction of sp³-hybridized carbons (Fsp3) is 0.818. The Balaban J connectivity index is 1.91. The number of esters is 1. The van der Waals surface area contributed by atoms with Gasteiger partial charge >= 0.3 is 5.97 Å². The average molecular weight is 227 g/mol. The van der Waals surface area contributed by atoms with Crippen LogP contribution in [0.3, 0.4) is 0 Å². The summed E-state index contributed by atoms with van der Waals surface area (Å²) in [6.45, 7) is 2.48. The van der Waals surface area contributed by atoms with Crippen LogP contribution in [0.1, 0.15) is 12.8 Å². The third-order valence-corrected chi connectivity index (χ3v) is 3.42. The highest BCUT2D eigenvalue weighted by Gasteiger charge is 2.43. The van der Waals surface area contributed by atoms with Crippen LogP contribution in [0.5, 0.6) is 0 Å². The SMILES string of the molecule is COC(=O)[C@@H]1CC[C@@H]1C(=O)N1CCOCC1. The van der Waals surface area contributed by atoms with Crippen molar-refractivity contribution in [3.05, 3.63) is 0 Å². The molecule has 0 bridgehead atoms. The molecule has 0 spiro atoms. The first-order chi connectivity index (χ1) is 7.74. The summed E-state index contributed by atoms with van der Waals surface area (Å²) in [6, 6.07) is 0. The van der Waals surface area contributed by atoms with Gasteiger partial charge in [-0.15, -0.1) is 0 Å². The van der Waals surface area contributed by atoms with Crippen molar-refractivity contribution in [1.82, 2.24) is 4.90 Å². The van der Waals surface area contributed by atoms with E-state index in [-0.39, 0.29) is 23.7 Å². The van der Waals surface area contributed by atoms with Crippen molar-refractivity contribution in [2.24, 2.45) is 11.8 Å². The standard InChI is InChI=1S/C11H17NO4/c1-15-11(14)9-3-2-8(9)10(13)12-4-6-16-7-5-12/h8-9H,2-7H2,1H3/t8-,9+/m0/s1. The maximum atomic E-state index is 12.1. The second-order valence-corrected chi connectivity index (χ2v) is 4.25. The Kier molecular flexibility index (Phi) is 3.43. The van der Waals surface area contributed by atoms with Gasteiger partial charge in [-0.3, -0.25) is 9.59 Å². The molecule has 1 amide bonds. The van der Waals surface area contributed by atoms with E-state index in [4.69, 9.17) is 4.74 Å². The zero-order chi connectivity index (χ0) is 11.5. The maximum absolute atomic E-state index is 12.1. The Morgan fingerprint density at radius 3 is 2.31 bits per heavy atom. The molecule has 0 N–H and O–H groups in total. The molecule has 2 rings (SSSR count). The summed E-state index contributed by atoms with van der Waals surface area (Å²) in [5.41, 5.74) is 0. The van der Waals surface area contributed by atoms with E-state index in [0.717, 1.165) is 12.8 Å². The zero-order valence-corrected chi connectivity index (χ0v) is 9.48. The van der Waals surface area contributed by atoms with Gasteiger partial charge in [-0.1, -0.05) is 0 Å². The number of hydrogen-bond acceptors (Lipinski definition) is 4. The summed E-state index contributed by atoms with van der Waals surface area (Å²) in [7, 11) is 1.37. The zero-order valence-electron chi connectivity index (χ0n) is 9.48. The lowest BCUT2D eigenvalue weighted by Gasteiger charge is -2.38. The lowest BCUT2D eigenvalue weighted by atomic mass is 9.73. The molecule has 5 heteroatoms. The van der Waals surface area contributed by atoms with Crippen LogP contribution in [0.15, 0.2) is 0 Å². The third kappa shape index (κ3) is 2.04. The lowest BCUT2D eigenvalue weighted by molar-refractivity contribution is -0.160. The largest absolute Gasteiger partial charge is 0.469 e. The summed E-state index contributed by atoms with van der Waals surface area (Å²) < 4.78 is 9.88. The summed E-state index contributed by atoms with van der Waals surface area (Å²) >= 11 is 0. The van der Waals surface area contributed by atoms with Crippen LogP contribution >= 0.6 is 0 Å². The van der Waals surface area contributed by atoms with Crippen LogP contribution in [-0.2, 0) is 19.1 Å². The highest BCUT2D eigenvalue weighted by molar-refractivity contribution is 5.87. The topological polar surface area (TPSA) is 55.8 Å². The highest BCUT2D eigenvalue weighted by Crippen LogP contribution is 2.36. The molecule has 0 aromatic carbocycles. The van der Waals surface area contributed by atoms with Crippen LogP contribution in [0, 0.1) is 11.8 Å². The van der Waals surface area contributed by atoms with Crippen molar-refractivity contribution in [3.8, 4) is 0 Å². The van der Waals surface area contributed by atoms with Crippen molar-refractivity contribution >= 4 is 11.9 Å². The quantitative estimate of drug-likeness (QED) is 0.625. The monoisotopic (exact) mass is 227 g/mol. The Bertz CT molecular complexity index is 286. The molecule has 0 unspecified atom stereocenters. The first kappa shape index (κ1) is 11.4. The first-order valence-corrected chi connectivity index (χ1v) is 5.68. The van der Waals surface area contributed by atoms with Gasteiger partial charge in [-0.2, -0.15) is 0 Å². The fourth-order valence-corrected chi connectivity index (χ4v) is 2.25.